The van der Waals surface area contributed by atoms with Crippen LogP contribution in [-0.4, -0.2) is 42.1 Å². The Labute approximate surface area is 142 Å². The first-order valence-electron chi connectivity index (χ1n) is 8.06. The minimum absolute atomic E-state index is 0.0214. The van der Waals surface area contributed by atoms with Crippen LogP contribution in [-0.2, 0) is 4.74 Å². The molecule has 0 saturated carbocycles. The van der Waals surface area contributed by atoms with Gasteiger partial charge in [0.15, 0.2) is 0 Å². The van der Waals surface area contributed by atoms with E-state index in [1.807, 2.05) is 39.1 Å². The molecule has 1 atom stereocenters. The van der Waals surface area contributed by atoms with Gasteiger partial charge in [-0.1, -0.05) is 0 Å². The predicted octanol–water partition coefficient (Wildman–Crippen LogP) is 3.43. The number of hydrogen-bond donors (Lipinski definition) is 1. The summed E-state index contributed by atoms with van der Waals surface area (Å²) in [6, 6.07) is 1.95. The molecule has 1 aromatic heterocycles. The second-order valence-electron chi connectivity index (χ2n) is 7.08. The maximum absolute atomic E-state index is 12.2. The normalized spacial score (nSPS) is 18.6. The number of carbonyl (C=O) groups is 2. The van der Waals surface area contributed by atoms with Crippen LogP contribution < -0.4 is 5.32 Å². The number of nitrogens with zero attached hydrogens (tertiary/aromatic N) is 1. The molecule has 2 heterocycles. The number of hydrogen-bond acceptors (Lipinski definition) is 4. The fourth-order valence-corrected chi connectivity index (χ4v) is 3.49. The summed E-state index contributed by atoms with van der Waals surface area (Å²) in [5.74, 6) is 0.257. The highest BCUT2D eigenvalue weighted by Gasteiger charge is 2.27. The lowest BCUT2D eigenvalue weighted by Gasteiger charge is -2.34. The van der Waals surface area contributed by atoms with Crippen LogP contribution in [0.5, 0.6) is 0 Å². The molecule has 23 heavy (non-hydrogen) atoms. The molecule has 2 rings (SSSR count). The molecule has 1 fully saturated rings. The summed E-state index contributed by atoms with van der Waals surface area (Å²) in [4.78, 5) is 26.8. The topological polar surface area (TPSA) is 58.6 Å². The van der Waals surface area contributed by atoms with Gasteiger partial charge in [-0.25, -0.2) is 4.79 Å². The number of thiophene rings is 1. The van der Waals surface area contributed by atoms with Gasteiger partial charge in [0, 0.05) is 19.6 Å². The second-order valence-corrected chi connectivity index (χ2v) is 7.99. The van der Waals surface area contributed by atoms with Crippen molar-refractivity contribution in [3.05, 3.63) is 21.9 Å². The molecule has 1 aliphatic heterocycles. The van der Waals surface area contributed by atoms with Crippen molar-refractivity contribution in [3.63, 3.8) is 0 Å². The van der Waals surface area contributed by atoms with Gasteiger partial charge in [-0.3, -0.25) is 4.79 Å². The smallest absolute Gasteiger partial charge is 0.410 e. The number of ether oxygens (including phenoxy) is 1. The van der Waals surface area contributed by atoms with Crippen molar-refractivity contribution in [3.8, 4) is 0 Å². The van der Waals surface area contributed by atoms with Gasteiger partial charge in [-0.05, 0) is 63.5 Å². The summed E-state index contributed by atoms with van der Waals surface area (Å²) < 4.78 is 5.43. The molecule has 0 unspecified atom stereocenters. The molecule has 1 aliphatic rings. The van der Waals surface area contributed by atoms with Crippen molar-refractivity contribution in [1.29, 1.82) is 0 Å². The molecule has 128 valence electrons. The van der Waals surface area contributed by atoms with Gasteiger partial charge in [0.05, 0.1) is 4.88 Å². The minimum Gasteiger partial charge on any atom is -0.444 e. The maximum atomic E-state index is 12.2. The van der Waals surface area contributed by atoms with E-state index in [2.05, 4.69) is 5.32 Å². The van der Waals surface area contributed by atoms with Crippen LogP contribution in [0.15, 0.2) is 11.4 Å². The molecule has 0 aromatic carbocycles. The van der Waals surface area contributed by atoms with Crippen LogP contribution in [0.3, 0.4) is 0 Å². The summed E-state index contributed by atoms with van der Waals surface area (Å²) in [7, 11) is 0. The summed E-state index contributed by atoms with van der Waals surface area (Å²) in [6.45, 7) is 9.51. The number of amides is 2. The molecule has 0 spiro atoms. The standard InChI is InChI=1S/C17H26N2O3S/c1-12-7-9-23-14(12)15(20)18-10-13-6-5-8-19(11-13)16(21)22-17(2,3)4/h7,9,13H,5-6,8,10-11H2,1-4H3,(H,18,20)/t13-/m1/s1. The van der Waals surface area contributed by atoms with Gasteiger partial charge in [0.1, 0.15) is 5.60 Å². The Balaban J connectivity index is 1.83. The summed E-state index contributed by atoms with van der Waals surface area (Å²) in [5, 5.41) is 4.92. The number of nitrogens with one attached hydrogen (secondary N) is 1. The number of likely N-dealkylation sites (tertiary alicyclic amines) is 1. The van der Waals surface area contributed by atoms with E-state index in [0.717, 1.165) is 29.8 Å². The van der Waals surface area contributed by atoms with E-state index >= 15 is 0 Å². The van der Waals surface area contributed by atoms with Crippen LogP contribution in [0.1, 0.15) is 48.8 Å². The van der Waals surface area contributed by atoms with E-state index in [1.165, 1.54) is 11.3 Å². The molecule has 0 bridgehead atoms. The molecular weight excluding hydrogens is 312 g/mol. The third-order valence-corrected chi connectivity index (χ3v) is 4.81. The Kier molecular flexibility index (Phi) is 5.68. The number of carbonyl (C=O) groups excluding carboxylic acids is 2. The number of piperidine rings is 1. The highest BCUT2D eigenvalue weighted by atomic mass is 32.1. The van der Waals surface area contributed by atoms with E-state index in [0.29, 0.717) is 13.1 Å². The van der Waals surface area contributed by atoms with Crippen molar-refractivity contribution >= 4 is 23.3 Å². The Morgan fingerprint density at radius 2 is 2.17 bits per heavy atom. The molecule has 2 amide bonds. The van der Waals surface area contributed by atoms with Gasteiger partial charge < -0.3 is 15.0 Å². The van der Waals surface area contributed by atoms with E-state index in [9.17, 15) is 9.59 Å². The van der Waals surface area contributed by atoms with E-state index < -0.39 is 5.60 Å². The molecule has 1 saturated heterocycles. The summed E-state index contributed by atoms with van der Waals surface area (Å²) in [6.07, 6.45) is 1.70. The monoisotopic (exact) mass is 338 g/mol. The summed E-state index contributed by atoms with van der Waals surface area (Å²) in [5.41, 5.74) is 0.529. The lowest BCUT2D eigenvalue weighted by molar-refractivity contribution is 0.0167. The van der Waals surface area contributed by atoms with Crippen LogP contribution in [0.25, 0.3) is 0 Å². The Morgan fingerprint density at radius 1 is 1.43 bits per heavy atom. The van der Waals surface area contributed by atoms with Crippen molar-refractivity contribution in [2.24, 2.45) is 5.92 Å². The molecule has 0 radical (unpaired) electrons. The van der Waals surface area contributed by atoms with E-state index in [4.69, 9.17) is 4.74 Å². The average Bonchev–Trinajstić information content (AvgIpc) is 2.89. The van der Waals surface area contributed by atoms with Crippen LogP contribution in [0.2, 0.25) is 0 Å². The first-order chi connectivity index (χ1) is 10.8. The van der Waals surface area contributed by atoms with Gasteiger partial charge in [0.25, 0.3) is 5.91 Å². The maximum Gasteiger partial charge on any atom is 0.410 e. The van der Waals surface area contributed by atoms with E-state index in [1.54, 1.807) is 4.90 Å². The van der Waals surface area contributed by atoms with Gasteiger partial charge >= 0.3 is 6.09 Å². The number of aryl methyl sites for hydroxylation is 1. The molecule has 5 nitrogen and oxygen atoms in total. The largest absolute Gasteiger partial charge is 0.444 e. The minimum atomic E-state index is -0.477. The predicted molar refractivity (Wildman–Crippen MR) is 91.9 cm³/mol. The lowest BCUT2D eigenvalue weighted by Crippen LogP contribution is -2.45. The Bertz CT molecular complexity index is 562. The second kappa shape index (κ2) is 7.34. The Hall–Kier alpha value is -1.56. The van der Waals surface area contributed by atoms with Crippen molar-refractivity contribution in [1.82, 2.24) is 10.2 Å². The first kappa shape index (κ1) is 17.8. The summed E-state index contributed by atoms with van der Waals surface area (Å²) >= 11 is 1.46. The van der Waals surface area contributed by atoms with E-state index in [-0.39, 0.29) is 17.9 Å². The Morgan fingerprint density at radius 3 is 2.78 bits per heavy atom. The van der Waals surface area contributed by atoms with Crippen LogP contribution in [0.4, 0.5) is 4.79 Å². The third kappa shape index (κ3) is 5.23. The highest BCUT2D eigenvalue weighted by molar-refractivity contribution is 7.12. The molecular formula is C17H26N2O3S. The van der Waals surface area contributed by atoms with Crippen molar-refractivity contribution < 1.29 is 14.3 Å². The van der Waals surface area contributed by atoms with Gasteiger partial charge in [0.2, 0.25) is 0 Å². The lowest BCUT2D eigenvalue weighted by atomic mass is 9.98. The SMILES string of the molecule is Cc1ccsc1C(=O)NC[C@H]1CCCN(C(=O)OC(C)(C)C)C1. The highest BCUT2D eigenvalue weighted by Crippen LogP contribution is 2.20. The van der Waals surface area contributed by atoms with Crippen molar-refractivity contribution in [2.45, 2.75) is 46.1 Å². The average molecular weight is 338 g/mol. The fourth-order valence-electron chi connectivity index (χ4n) is 2.65. The quantitative estimate of drug-likeness (QED) is 0.918. The zero-order valence-corrected chi connectivity index (χ0v) is 15.2. The fraction of sp³-hybridized carbons (Fsp3) is 0.647. The zero-order valence-electron chi connectivity index (χ0n) is 14.3. The van der Waals surface area contributed by atoms with Crippen molar-refractivity contribution in [2.75, 3.05) is 19.6 Å². The van der Waals surface area contributed by atoms with Gasteiger partial charge in [-0.15, -0.1) is 11.3 Å². The third-order valence-electron chi connectivity index (χ3n) is 3.79. The molecule has 0 aliphatic carbocycles. The zero-order chi connectivity index (χ0) is 17.0. The van der Waals surface area contributed by atoms with Gasteiger partial charge in [-0.2, -0.15) is 0 Å². The molecule has 6 heteroatoms. The number of rotatable bonds is 3. The molecule has 1 N–H and O–H groups in total. The van der Waals surface area contributed by atoms with Crippen LogP contribution in [0, 0.1) is 12.8 Å². The molecule has 1 aromatic rings. The first-order valence-corrected chi connectivity index (χ1v) is 8.94. The van der Waals surface area contributed by atoms with Crippen LogP contribution >= 0.6 is 11.3 Å².